The maximum atomic E-state index is 13.2. The summed E-state index contributed by atoms with van der Waals surface area (Å²) in [4.78, 5) is 27.8. The summed E-state index contributed by atoms with van der Waals surface area (Å²) in [6, 6.07) is 13.7. The molecule has 1 heterocycles. The molecule has 0 bridgehead atoms. The molecule has 0 saturated carbocycles. The Morgan fingerprint density at radius 3 is 2.32 bits per heavy atom. The van der Waals surface area contributed by atoms with Gasteiger partial charge in [0.1, 0.15) is 18.1 Å². The normalized spacial score (nSPS) is 11.2. The van der Waals surface area contributed by atoms with Crippen molar-refractivity contribution in [3.05, 3.63) is 64.3 Å². The number of hydrogen-bond acceptors (Lipinski definition) is 4. The lowest BCUT2D eigenvalue weighted by Crippen LogP contribution is -2.41. The van der Waals surface area contributed by atoms with E-state index in [-0.39, 0.29) is 23.9 Å². The fraction of sp³-hybridized carbons (Fsp3) is 0.393. The monoisotopic (exact) mass is 559 g/mol. The highest BCUT2D eigenvalue weighted by atomic mass is 35.5. The fourth-order valence-corrected chi connectivity index (χ4v) is 3.98. The minimum atomic E-state index is -0.352. The molecule has 0 atom stereocenters. The summed E-state index contributed by atoms with van der Waals surface area (Å²) in [5.41, 5.74) is 1.80. The Labute approximate surface area is 234 Å². The molecule has 0 fully saturated rings. The van der Waals surface area contributed by atoms with Crippen LogP contribution in [-0.4, -0.2) is 46.8 Å². The van der Waals surface area contributed by atoms with Gasteiger partial charge in [-0.15, -0.1) is 0 Å². The number of rotatable bonds is 10. The summed E-state index contributed by atoms with van der Waals surface area (Å²) >= 11 is 12.3. The Morgan fingerprint density at radius 2 is 1.71 bits per heavy atom. The average molecular weight is 561 g/mol. The van der Waals surface area contributed by atoms with Crippen molar-refractivity contribution in [3.63, 3.8) is 0 Å². The molecule has 38 heavy (non-hydrogen) atoms. The van der Waals surface area contributed by atoms with E-state index in [0.29, 0.717) is 39.5 Å². The number of nitrogens with one attached hydrogen (secondary N) is 2. The summed E-state index contributed by atoms with van der Waals surface area (Å²) in [6.07, 6.45) is 2.74. The van der Waals surface area contributed by atoms with Crippen molar-refractivity contribution in [2.45, 2.75) is 52.4 Å². The second-order valence-electron chi connectivity index (χ2n) is 10.0. The van der Waals surface area contributed by atoms with Crippen molar-refractivity contribution in [2.24, 2.45) is 0 Å². The highest BCUT2D eigenvalue weighted by molar-refractivity contribution is 6.42. The zero-order chi connectivity index (χ0) is 27.9. The largest absolute Gasteiger partial charge is 0.497 e. The molecule has 0 saturated heterocycles. The first-order chi connectivity index (χ1) is 18.0. The van der Waals surface area contributed by atoms with E-state index in [4.69, 9.17) is 33.0 Å². The van der Waals surface area contributed by atoms with Crippen LogP contribution in [0.2, 0.25) is 10.0 Å². The molecule has 0 radical (unpaired) electrons. The molecule has 0 aliphatic carbocycles. The molecule has 10 heteroatoms. The van der Waals surface area contributed by atoms with Crippen LogP contribution in [0.3, 0.4) is 0 Å². The van der Waals surface area contributed by atoms with Crippen molar-refractivity contribution >= 4 is 46.6 Å². The number of aromatic nitrogens is 2. The summed E-state index contributed by atoms with van der Waals surface area (Å²) in [5, 5.41) is 11.3. The first kappa shape index (κ1) is 29.3. The van der Waals surface area contributed by atoms with Crippen molar-refractivity contribution in [3.8, 4) is 11.4 Å². The molecule has 3 aromatic rings. The van der Waals surface area contributed by atoms with Crippen LogP contribution in [0.25, 0.3) is 5.69 Å². The van der Waals surface area contributed by atoms with Crippen LogP contribution < -0.4 is 15.4 Å². The molecular weight excluding hydrogens is 525 g/mol. The number of anilines is 2. The van der Waals surface area contributed by atoms with Gasteiger partial charge in [0.25, 0.3) is 0 Å². The van der Waals surface area contributed by atoms with Gasteiger partial charge in [-0.05, 0) is 48.9 Å². The third kappa shape index (κ3) is 7.88. The molecule has 0 aliphatic heterocycles. The lowest BCUT2D eigenvalue weighted by Gasteiger charge is -2.23. The molecule has 1 aromatic heterocycles. The van der Waals surface area contributed by atoms with Crippen LogP contribution in [-0.2, 0) is 10.2 Å². The second kappa shape index (κ2) is 13.0. The number of carbonyl (C=O) groups excluding carboxylic acids is 2. The van der Waals surface area contributed by atoms with Gasteiger partial charge in [0.2, 0.25) is 5.91 Å². The minimum absolute atomic E-state index is 0.122. The maximum Gasteiger partial charge on any atom is 0.322 e. The van der Waals surface area contributed by atoms with Gasteiger partial charge in [-0.3, -0.25) is 4.79 Å². The molecule has 3 rings (SSSR count). The van der Waals surface area contributed by atoms with E-state index >= 15 is 0 Å². The molecule has 204 valence electrons. The van der Waals surface area contributed by atoms with Gasteiger partial charge in [0, 0.05) is 23.7 Å². The predicted octanol–water partition coefficient (Wildman–Crippen LogP) is 7.15. The lowest BCUT2D eigenvalue weighted by atomic mass is 9.92. The quantitative estimate of drug-likeness (QED) is 0.258. The smallest absolute Gasteiger partial charge is 0.322 e. The Bertz CT molecular complexity index is 1250. The van der Waals surface area contributed by atoms with Gasteiger partial charge in [-0.1, -0.05) is 63.7 Å². The molecule has 2 N–H and O–H groups in total. The van der Waals surface area contributed by atoms with Crippen molar-refractivity contribution in [1.82, 2.24) is 14.7 Å². The SMILES string of the molecule is CCCCCN(CC(=O)Nc1cc(C(C)(C)C)nn1-c1ccc(Cl)c(Cl)c1)C(=O)Nc1ccc(OC)cc1. The van der Waals surface area contributed by atoms with Gasteiger partial charge in [0.05, 0.1) is 28.5 Å². The molecule has 2 aromatic carbocycles. The van der Waals surface area contributed by atoms with Gasteiger partial charge in [0.15, 0.2) is 0 Å². The summed E-state index contributed by atoms with van der Waals surface area (Å²) in [5.74, 6) is 0.825. The fourth-order valence-electron chi connectivity index (χ4n) is 3.69. The number of amides is 3. The minimum Gasteiger partial charge on any atom is -0.497 e. The number of nitrogens with zero attached hydrogens (tertiary/aromatic N) is 3. The zero-order valence-electron chi connectivity index (χ0n) is 22.5. The van der Waals surface area contributed by atoms with Crippen LogP contribution in [0.1, 0.15) is 52.7 Å². The van der Waals surface area contributed by atoms with Crippen LogP contribution in [0, 0.1) is 0 Å². The Kier molecular flexibility index (Phi) is 10.1. The van der Waals surface area contributed by atoms with Gasteiger partial charge >= 0.3 is 6.03 Å². The maximum absolute atomic E-state index is 13.2. The first-order valence-corrected chi connectivity index (χ1v) is 13.3. The van der Waals surface area contributed by atoms with Crippen LogP contribution in [0.4, 0.5) is 16.3 Å². The average Bonchev–Trinajstić information content (AvgIpc) is 3.30. The van der Waals surface area contributed by atoms with Crippen molar-refractivity contribution < 1.29 is 14.3 Å². The highest BCUT2D eigenvalue weighted by Crippen LogP contribution is 2.29. The van der Waals surface area contributed by atoms with Crippen molar-refractivity contribution in [2.75, 3.05) is 30.8 Å². The molecule has 8 nitrogen and oxygen atoms in total. The van der Waals surface area contributed by atoms with E-state index in [1.807, 2.05) is 26.8 Å². The van der Waals surface area contributed by atoms with E-state index < -0.39 is 0 Å². The summed E-state index contributed by atoms with van der Waals surface area (Å²) < 4.78 is 6.80. The predicted molar refractivity (Wildman–Crippen MR) is 154 cm³/mol. The molecule has 3 amide bonds. The zero-order valence-corrected chi connectivity index (χ0v) is 24.0. The van der Waals surface area contributed by atoms with E-state index in [9.17, 15) is 9.59 Å². The number of halogens is 2. The lowest BCUT2D eigenvalue weighted by molar-refractivity contribution is -0.116. The molecule has 0 spiro atoms. The number of carbonyl (C=O) groups is 2. The Hall–Kier alpha value is -3.23. The van der Waals surface area contributed by atoms with Gasteiger partial charge < -0.3 is 20.3 Å². The topological polar surface area (TPSA) is 88.5 Å². The summed E-state index contributed by atoms with van der Waals surface area (Å²) in [6.45, 7) is 8.54. The third-order valence-electron chi connectivity index (χ3n) is 5.89. The molecular formula is C28H35Cl2N5O3. The van der Waals surface area contributed by atoms with Crippen LogP contribution >= 0.6 is 23.2 Å². The van der Waals surface area contributed by atoms with E-state index in [1.54, 1.807) is 54.3 Å². The third-order valence-corrected chi connectivity index (χ3v) is 6.63. The first-order valence-electron chi connectivity index (χ1n) is 12.6. The number of hydrogen-bond donors (Lipinski definition) is 2. The number of benzene rings is 2. The number of ether oxygens (including phenoxy) is 1. The van der Waals surface area contributed by atoms with Gasteiger partial charge in [-0.2, -0.15) is 5.10 Å². The van der Waals surface area contributed by atoms with E-state index in [1.165, 1.54) is 4.90 Å². The Morgan fingerprint density at radius 1 is 1.00 bits per heavy atom. The van der Waals surface area contributed by atoms with Crippen molar-refractivity contribution in [1.29, 1.82) is 0 Å². The Balaban J connectivity index is 1.81. The number of urea groups is 1. The standard InChI is InChI=1S/C28H35Cl2N5O3/c1-6-7-8-15-34(27(37)31-19-9-12-21(38-5)13-10-19)18-26(36)32-25-17-24(28(2,3)4)33-35(25)20-11-14-22(29)23(30)16-20/h9-14,16-17H,6-8,15,18H2,1-5H3,(H,31,37)(H,32,36). The van der Waals surface area contributed by atoms with E-state index in [0.717, 1.165) is 25.0 Å². The summed E-state index contributed by atoms with van der Waals surface area (Å²) in [7, 11) is 1.58. The number of unbranched alkanes of at least 4 members (excludes halogenated alkanes) is 2. The van der Waals surface area contributed by atoms with E-state index in [2.05, 4.69) is 17.6 Å². The van der Waals surface area contributed by atoms with Gasteiger partial charge in [-0.25, -0.2) is 9.48 Å². The van der Waals surface area contributed by atoms with Crippen LogP contribution in [0.15, 0.2) is 48.5 Å². The highest BCUT2D eigenvalue weighted by Gasteiger charge is 2.23. The second-order valence-corrected chi connectivity index (χ2v) is 10.8. The molecule has 0 unspecified atom stereocenters. The number of methoxy groups -OCH3 is 1. The molecule has 0 aliphatic rings. The van der Waals surface area contributed by atoms with Crippen LogP contribution in [0.5, 0.6) is 5.75 Å².